The van der Waals surface area contributed by atoms with Crippen LogP contribution in [-0.4, -0.2) is 22.2 Å². The minimum Gasteiger partial charge on any atom is -0.481 e. The summed E-state index contributed by atoms with van der Waals surface area (Å²) in [5, 5.41) is 9.30. The third-order valence-corrected chi connectivity index (χ3v) is 4.27. The molecule has 6 heteroatoms. The van der Waals surface area contributed by atoms with Crippen molar-refractivity contribution in [2.75, 3.05) is 0 Å². The lowest BCUT2D eigenvalue weighted by atomic mass is 9.77. The summed E-state index contributed by atoms with van der Waals surface area (Å²) in [6.45, 7) is 5.92. The molecule has 4 nitrogen and oxygen atoms in total. The van der Waals surface area contributed by atoms with Gasteiger partial charge in [0.1, 0.15) is 6.17 Å². The van der Waals surface area contributed by atoms with E-state index in [4.69, 9.17) is 4.42 Å². The minimum absolute atomic E-state index is 0.0458. The van der Waals surface area contributed by atoms with E-state index < -0.39 is 18.1 Å². The molecule has 1 N–H and O–H groups in total. The lowest BCUT2D eigenvalue weighted by molar-refractivity contribution is -0.144. The van der Waals surface area contributed by atoms with Gasteiger partial charge in [0, 0.05) is 11.3 Å². The maximum atomic E-state index is 13.5. The number of hydrogen-bond donors (Lipinski definition) is 1. The molecule has 1 fully saturated rings. The summed E-state index contributed by atoms with van der Waals surface area (Å²) in [6, 6.07) is 0. The Morgan fingerprint density at radius 3 is 2.60 bits per heavy atom. The SMILES string of the molecule is CC(C)(C)c1nc(C2CCC(F)CC2C(=O)O)c(Br)o1. The number of rotatable bonds is 2. The van der Waals surface area contributed by atoms with Crippen molar-refractivity contribution in [1.82, 2.24) is 4.98 Å². The van der Waals surface area contributed by atoms with Gasteiger partial charge in [-0.15, -0.1) is 0 Å². The lowest BCUT2D eigenvalue weighted by Crippen LogP contribution is -2.30. The van der Waals surface area contributed by atoms with Crippen molar-refractivity contribution in [2.24, 2.45) is 5.92 Å². The summed E-state index contributed by atoms with van der Waals surface area (Å²) >= 11 is 3.32. The molecule has 2 rings (SSSR count). The molecule has 112 valence electrons. The zero-order valence-electron chi connectivity index (χ0n) is 11.8. The molecule has 1 saturated carbocycles. The number of halogens is 2. The summed E-state index contributed by atoms with van der Waals surface area (Å²) in [7, 11) is 0. The van der Waals surface area contributed by atoms with Crippen LogP contribution in [0.15, 0.2) is 9.09 Å². The third-order valence-electron chi connectivity index (χ3n) is 3.71. The Morgan fingerprint density at radius 2 is 2.10 bits per heavy atom. The van der Waals surface area contributed by atoms with Gasteiger partial charge in [-0.25, -0.2) is 9.37 Å². The average molecular weight is 348 g/mol. The van der Waals surface area contributed by atoms with Gasteiger partial charge < -0.3 is 9.52 Å². The van der Waals surface area contributed by atoms with E-state index >= 15 is 0 Å². The van der Waals surface area contributed by atoms with E-state index in [-0.39, 0.29) is 17.8 Å². The molecular weight excluding hydrogens is 329 g/mol. The number of aromatic nitrogens is 1. The molecule has 1 heterocycles. The third kappa shape index (κ3) is 3.05. The smallest absolute Gasteiger partial charge is 0.307 e. The quantitative estimate of drug-likeness (QED) is 0.876. The Balaban J connectivity index is 2.34. The second-order valence-electron chi connectivity index (χ2n) is 6.39. The van der Waals surface area contributed by atoms with Crippen molar-refractivity contribution in [3.05, 3.63) is 16.3 Å². The molecule has 3 atom stereocenters. The average Bonchev–Trinajstić information content (AvgIpc) is 2.71. The summed E-state index contributed by atoms with van der Waals surface area (Å²) in [4.78, 5) is 15.8. The highest BCUT2D eigenvalue weighted by atomic mass is 79.9. The van der Waals surface area contributed by atoms with Crippen LogP contribution in [0.4, 0.5) is 4.39 Å². The maximum Gasteiger partial charge on any atom is 0.307 e. The van der Waals surface area contributed by atoms with Crippen molar-refractivity contribution in [2.45, 2.75) is 57.5 Å². The first-order valence-electron chi connectivity index (χ1n) is 6.73. The van der Waals surface area contributed by atoms with Crippen molar-refractivity contribution in [3.8, 4) is 0 Å². The monoisotopic (exact) mass is 347 g/mol. The Hall–Kier alpha value is -0.910. The molecule has 0 bridgehead atoms. The van der Waals surface area contributed by atoms with Crippen LogP contribution in [0.25, 0.3) is 0 Å². The summed E-state index contributed by atoms with van der Waals surface area (Å²) < 4.78 is 19.5. The second kappa shape index (κ2) is 5.47. The molecule has 1 aliphatic rings. The van der Waals surface area contributed by atoms with E-state index in [9.17, 15) is 14.3 Å². The van der Waals surface area contributed by atoms with Gasteiger partial charge in [-0.1, -0.05) is 20.8 Å². The molecule has 0 radical (unpaired) electrons. The van der Waals surface area contributed by atoms with Gasteiger partial charge in [0.15, 0.2) is 4.67 Å². The van der Waals surface area contributed by atoms with E-state index in [0.717, 1.165) is 0 Å². The Bertz CT molecular complexity index is 509. The highest BCUT2D eigenvalue weighted by Crippen LogP contribution is 2.42. The van der Waals surface area contributed by atoms with Crippen LogP contribution in [0.5, 0.6) is 0 Å². The number of aliphatic carboxylic acids is 1. The first kappa shape index (κ1) is 15.5. The van der Waals surface area contributed by atoms with Crippen molar-refractivity contribution >= 4 is 21.9 Å². The molecule has 1 aromatic rings. The van der Waals surface area contributed by atoms with Crippen LogP contribution in [0.2, 0.25) is 0 Å². The molecule has 1 aliphatic carbocycles. The molecule has 0 spiro atoms. The van der Waals surface area contributed by atoms with Crippen LogP contribution in [0.1, 0.15) is 57.5 Å². The predicted molar refractivity (Wildman–Crippen MR) is 75.5 cm³/mol. The van der Waals surface area contributed by atoms with Gasteiger partial charge in [0.25, 0.3) is 0 Å². The van der Waals surface area contributed by atoms with E-state index in [1.165, 1.54) is 0 Å². The van der Waals surface area contributed by atoms with Gasteiger partial charge in [-0.2, -0.15) is 0 Å². The molecule has 20 heavy (non-hydrogen) atoms. The Morgan fingerprint density at radius 1 is 1.45 bits per heavy atom. The first-order chi connectivity index (χ1) is 9.20. The number of hydrogen-bond acceptors (Lipinski definition) is 3. The van der Waals surface area contributed by atoms with Crippen LogP contribution in [0.3, 0.4) is 0 Å². The van der Waals surface area contributed by atoms with E-state index in [0.29, 0.717) is 29.1 Å². The van der Waals surface area contributed by atoms with Gasteiger partial charge in [-0.3, -0.25) is 4.79 Å². The molecule has 3 unspecified atom stereocenters. The maximum absolute atomic E-state index is 13.5. The number of alkyl halides is 1. The fourth-order valence-corrected chi connectivity index (χ4v) is 3.12. The van der Waals surface area contributed by atoms with Crippen molar-refractivity contribution in [3.63, 3.8) is 0 Å². The zero-order valence-corrected chi connectivity index (χ0v) is 13.4. The van der Waals surface area contributed by atoms with Crippen LogP contribution >= 0.6 is 15.9 Å². The molecular formula is C14H19BrFNO3. The van der Waals surface area contributed by atoms with Crippen LogP contribution < -0.4 is 0 Å². The van der Waals surface area contributed by atoms with E-state index in [2.05, 4.69) is 20.9 Å². The number of carboxylic acids is 1. The Labute approximate surface area is 125 Å². The van der Waals surface area contributed by atoms with Gasteiger partial charge in [-0.05, 0) is 35.2 Å². The van der Waals surface area contributed by atoms with E-state index in [1.807, 2.05) is 20.8 Å². The number of nitrogens with zero attached hydrogens (tertiary/aromatic N) is 1. The van der Waals surface area contributed by atoms with Crippen LogP contribution in [-0.2, 0) is 10.2 Å². The summed E-state index contributed by atoms with van der Waals surface area (Å²) in [5.41, 5.74) is 0.353. The highest BCUT2D eigenvalue weighted by molar-refractivity contribution is 9.10. The fraction of sp³-hybridized carbons (Fsp3) is 0.714. The number of carboxylic acid groups (broad SMARTS) is 1. The second-order valence-corrected chi connectivity index (χ2v) is 7.11. The standard InChI is InChI=1S/C14H19BrFNO3/c1-14(2,3)13-17-10(11(15)20-13)8-5-4-7(16)6-9(8)12(18)19/h7-9H,4-6H2,1-3H3,(H,18,19). The fourth-order valence-electron chi connectivity index (χ4n) is 2.58. The van der Waals surface area contributed by atoms with Crippen LogP contribution in [0, 0.1) is 5.92 Å². The van der Waals surface area contributed by atoms with Gasteiger partial charge >= 0.3 is 5.97 Å². The first-order valence-corrected chi connectivity index (χ1v) is 7.53. The summed E-state index contributed by atoms with van der Waals surface area (Å²) in [6.07, 6.45) is -0.143. The topological polar surface area (TPSA) is 63.3 Å². The van der Waals surface area contributed by atoms with E-state index in [1.54, 1.807) is 0 Å². The summed E-state index contributed by atoms with van der Waals surface area (Å²) in [5.74, 6) is -1.45. The Kier molecular flexibility index (Phi) is 4.23. The predicted octanol–water partition coefficient (Wildman–Crippen LogP) is 4.04. The van der Waals surface area contributed by atoms with Gasteiger partial charge in [0.05, 0.1) is 11.6 Å². The molecule has 1 aromatic heterocycles. The largest absolute Gasteiger partial charge is 0.481 e. The molecule has 0 saturated heterocycles. The van der Waals surface area contributed by atoms with Gasteiger partial charge in [0.2, 0.25) is 5.89 Å². The molecule has 0 aliphatic heterocycles. The highest BCUT2D eigenvalue weighted by Gasteiger charge is 2.39. The number of carbonyl (C=O) groups is 1. The zero-order chi connectivity index (χ0) is 15.1. The normalized spacial score (nSPS) is 27.6. The minimum atomic E-state index is -1.04. The molecule has 0 amide bonds. The van der Waals surface area contributed by atoms with Crippen molar-refractivity contribution < 1.29 is 18.7 Å². The number of oxazole rings is 1. The lowest BCUT2D eigenvalue weighted by Gasteiger charge is -2.29. The molecule has 0 aromatic carbocycles. The van der Waals surface area contributed by atoms with Crippen molar-refractivity contribution in [1.29, 1.82) is 0 Å².